The minimum Gasteiger partial charge on any atom is -0.306 e. The molecule has 0 radical (unpaired) electrons. The van der Waals surface area contributed by atoms with Crippen molar-refractivity contribution in [2.24, 2.45) is 0 Å². The molecule has 3 N–H and O–H groups in total. The van der Waals surface area contributed by atoms with E-state index in [9.17, 15) is 9.18 Å². The van der Waals surface area contributed by atoms with Crippen LogP contribution < -0.4 is 11.0 Å². The Morgan fingerprint density at radius 2 is 1.90 bits per heavy atom. The molecule has 5 heteroatoms. The molecule has 0 saturated heterocycles. The fourth-order valence-electron chi connectivity index (χ4n) is 2.55. The van der Waals surface area contributed by atoms with E-state index >= 15 is 0 Å². The van der Waals surface area contributed by atoms with Crippen LogP contribution in [0.3, 0.4) is 0 Å². The lowest BCUT2D eigenvalue weighted by Gasteiger charge is -2.19. The molecule has 1 unspecified atom stereocenters. The highest BCUT2D eigenvalue weighted by Crippen LogP contribution is 2.26. The SMILES string of the molecule is CCNC(c1ccc2[nH]c(=O)[nH]c2c1)c1ccccc1F. The Labute approximate surface area is 121 Å². The van der Waals surface area contributed by atoms with Crippen LogP contribution in [0, 0.1) is 5.82 Å². The molecule has 2 aromatic carbocycles. The number of aromatic nitrogens is 2. The van der Waals surface area contributed by atoms with Gasteiger partial charge in [-0.25, -0.2) is 9.18 Å². The number of hydrogen-bond acceptors (Lipinski definition) is 2. The van der Waals surface area contributed by atoms with E-state index in [4.69, 9.17) is 0 Å². The molecule has 0 spiro atoms. The number of imidazole rings is 1. The zero-order chi connectivity index (χ0) is 14.8. The van der Waals surface area contributed by atoms with Crippen LogP contribution in [0.2, 0.25) is 0 Å². The summed E-state index contributed by atoms with van der Waals surface area (Å²) >= 11 is 0. The number of halogens is 1. The first-order valence-electron chi connectivity index (χ1n) is 6.89. The first-order chi connectivity index (χ1) is 10.2. The summed E-state index contributed by atoms with van der Waals surface area (Å²) in [6.45, 7) is 2.69. The van der Waals surface area contributed by atoms with Crippen LogP contribution in [0.15, 0.2) is 47.3 Å². The monoisotopic (exact) mass is 285 g/mol. The zero-order valence-electron chi connectivity index (χ0n) is 11.6. The van der Waals surface area contributed by atoms with Crippen molar-refractivity contribution in [1.29, 1.82) is 0 Å². The Balaban J connectivity index is 2.10. The van der Waals surface area contributed by atoms with E-state index in [1.807, 2.05) is 31.2 Å². The highest BCUT2D eigenvalue weighted by Gasteiger charge is 2.17. The van der Waals surface area contributed by atoms with E-state index in [1.54, 1.807) is 12.1 Å². The van der Waals surface area contributed by atoms with Crippen molar-refractivity contribution < 1.29 is 4.39 Å². The summed E-state index contributed by atoms with van der Waals surface area (Å²) in [6.07, 6.45) is 0. The van der Waals surface area contributed by atoms with Gasteiger partial charge in [0.05, 0.1) is 17.1 Å². The summed E-state index contributed by atoms with van der Waals surface area (Å²) < 4.78 is 14.1. The predicted molar refractivity (Wildman–Crippen MR) is 80.8 cm³/mol. The van der Waals surface area contributed by atoms with Crippen molar-refractivity contribution >= 4 is 11.0 Å². The van der Waals surface area contributed by atoms with E-state index in [2.05, 4.69) is 15.3 Å². The molecule has 1 heterocycles. The van der Waals surface area contributed by atoms with Gasteiger partial charge in [0.1, 0.15) is 5.82 Å². The molecule has 0 bridgehead atoms. The predicted octanol–water partition coefficient (Wildman–Crippen LogP) is 2.69. The summed E-state index contributed by atoms with van der Waals surface area (Å²) in [5.41, 5.74) is 2.72. The first kappa shape index (κ1) is 13.6. The largest absolute Gasteiger partial charge is 0.323 e. The maximum Gasteiger partial charge on any atom is 0.323 e. The number of aromatic amines is 2. The third kappa shape index (κ3) is 2.60. The van der Waals surface area contributed by atoms with E-state index in [0.29, 0.717) is 12.1 Å². The van der Waals surface area contributed by atoms with Crippen LogP contribution in [0.5, 0.6) is 0 Å². The van der Waals surface area contributed by atoms with Gasteiger partial charge in [-0.05, 0) is 30.3 Å². The van der Waals surface area contributed by atoms with Crippen LogP contribution in [0.25, 0.3) is 11.0 Å². The molecular weight excluding hydrogens is 269 g/mol. The Bertz CT molecular complexity index is 822. The first-order valence-corrected chi connectivity index (χ1v) is 6.89. The van der Waals surface area contributed by atoms with Gasteiger partial charge in [-0.15, -0.1) is 0 Å². The highest BCUT2D eigenvalue weighted by molar-refractivity contribution is 5.75. The maximum atomic E-state index is 14.1. The smallest absolute Gasteiger partial charge is 0.306 e. The summed E-state index contributed by atoms with van der Waals surface area (Å²) in [5.74, 6) is -0.244. The summed E-state index contributed by atoms with van der Waals surface area (Å²) in [4.78, 5) is 16.8. The van der Waals surface area contributed by atoms with Gasteiger partial charge in [0.25, 0.3) is 0 Å². The van der Waals surface area contributed by atoms with Gasteiger partial charge in [0, 0.05) is 5.56 Å². The molecule has 3 rings (SSSR count). The normalized spacial score (nSPS) is 12.7. The number of rotatable bonds is 4. The Morgan fingerprint density at radius 3 is 2.67 bits per heavy atom. The Morgan fingerprint density at radius 1 is 1.14 bits per heavy atom. The summed E-state index contributed by atoms with van der Waals surface area (Å²) in [7, 11) is 0. The third-order valence-corrected chi connectivity index (χ3v) is 3.50. The zero-order valence-corrected chi connectivity index (χ0v) is 11.6. The summed E-state index contributed by atoms with van der Waals surface area (Å²) in [5, 5.41) is 3.29. The van der Waals surface area contributed by atoms with Crippen molar-refractivity contribution in [3.63, 3.8) is 0 Å². The second-order valence-corrected chi connectivity index (χ2v) is 4.90. The average molecular weight is 285 g/mol. The van der Waals surface area contributed by atoms with E-state index < -0.39 is 0 Å². The standard InChI is InChI=1S/C16H16FN3O/c1-2-18-15(11-5-3-4-6-12(11)17)10-7-8-13-14(9-10)20-16(21)19-13/h3-9,15,18H,2H2,1H3,(H2,19,20,21). The quantitative estimate of drug-likeness (QED) is 0.690. The third-order valence-electron chi connectivity index (χ3n) is 3.50. The molecule has 0 fully saturated rings. The fourth-order valence-corrected chi connectivity index (χ4v) is 2.55. The molecule has 108 valence electrons. The minimum atomic E-state index is -0.251. The molecule has 4 nitrogen and oxygen atoms in total. The summed E-state index contributed by atoms with van der Waals surface area (Å²) in [6, 6.07) is 12.1. The van der Waals surface area contributed by atoms with Crippen molar-refractivity contribution in [3.8, 4) is 0 Å². The number of hydrogen-bond donors (Lipinski definition) is 3. The lowest BCUT2D eigenvalue weighted by Crippen LogP contribution is -2.22. The van der Waals surface area contributed by atoms with E-state index in [-0.39, 0.29) is 17.5 Å². The van der Waals surface area contributed by atoms with Gasteiger partial charge in [-0.1, -0.05) is 31.2 Å². The van der Waals surface area contributed by atoms with E-state index in [0.717, 1.165) is 16.6 Å². The lowest BCUT2D eigenvalue weighted by atomic mass is 9.97. The van der Waals surface area contributed by atoms with Crippen molar-refractivity contribution in [3.05, 3.63) is 69.9 Å². The molecule has 1 atom stereocenters. The number of fused-ring (bicyclic) bond motifs is 1. The fraction of sp³-hybridized carbons (Fsp3) is 0.188. The minimum absolute atomic E-state index is 0.243. The van der Waals surface area contributed by atoms with Gasteiger partial charge < -0.3 is 15.3 Å². The van der Waals surface area contributed by atoms with Crippen molar-refractivity contribution in [2.45, 2.75) is 13.0 Å². The van der Waals surface area contributed by atoms with Crippen LogP contribution in [0.4, 0.5) is 4.39 Å². The lowest BCUT2D eigenvalue weighted by molar-refractivity contribution is 0.559. The van der Waals surface area contributed by atoms with Gasteiger partial charge in [0.2, 0.25) is 0 Å². The number of benzene rings is 2. The Hall–Kier alpha value is -2.40. The molecule has 0 aliphatic rings. The topological polar surface area (TPSA) is 60.7 Å². The number of H-pyrrole nitrogens is 2. The van der Waals surface area contributed by atoms with Crippen LogP contribution in [-0.2, 0) is 0 Å². The van der Waals surface area contributed by atoms with Gasteiger partial charge >= 0.3 is 5.69 Å². The van der Waals surface area contributed by atoms with Crippen LogP contribution in [0.1, 0.15) is 24.1 Å². The van der Waals surface area contributed by atoms with Crippen molar-refractivity contribution in [1.82, 2.24) is 15.3 Å². The molecule has 3 aromatic rings. The average Bonchev–Trinajstić information content (AvgIpc) is 2.85. The Kier molecular flexibility index (Phi) is 3.58. The second-order valence-electron chi connectivity index (χ2n) is 4.90. The molecule has 0 saturated carbocycles. The van der Waals surface area contributed by atoms with Gasteiger partial charge in [-0.2, -0.15) is 0 Å². The van der Waals surface area contributed by atoms with Gasteiger partial charge in [-0.3, -0.25) is 0 Å². The highest BCUT2D eigenvalue weighted by atomic mass is 19.1. The molecule has 0 amide bonds. The van der Waals surface area contributed by atoms with E-state index in [1.165, 1.54) is 6.07 Å². The molecular formula is C16H16FN3O. The maximum absolute atomic E-state index is 14.1. The molecule has 1 aromatic heterocycles. The molecule has 0 aliphatic heterocycles. The van der Waals surface area contributed by atoms with Crippen LogP contribution in [-0.4, -0.2) is 16.5 Å². The molecule has 21 heavy (non-hydrogen) atoms. The van der Waals surface area contributed by atoms with Gasteiger partial charge in [0.15, 0.2) is 0 Å². The van der Waals surface area contributed by atoms with Crippen molar-refractivity contribution in [2.75, 3.05) is 6.54 Å². The molecule has 0 aliphatic carbocycles. The second kappa shape index (κ2) is 5.54. The number of nitrogens with one attached hydrogen (secondary N) is 3. The van der Waals surface area contributed by atoms with Crippen LogP contribution >= 0.6 is 0 Å².